The third-order valence-corrected chi connectivity index (χ3v) is 4.86. The van der Waals surface area contributed by atoms with Gasteiger partial charge >= 0.3 is 0 Å². The molecule has 0 spiro atoms. The predicted molar refractivity (Wildman–Crippen MR) is 116 cm³/mol. The van der Waals surface area contributed by atoms with Gasteiger partial charge in [0, 0.05) is 18.0 Å². The molecule has 4 rings (SSSR count). The van der Waals surface area contributed by atoms with Gasteiger partial charge in [0.15, 0.2) is 0 Å². The normalized spacial score (nSPS) is 10.9. The molecule has 0 unspecified atom stereocenters. The number of fused-ring (bicyclic) bond motifs is 1. The molecule has 0 aliphatic rings. The lowest BCUT2D eigenvalue weighted by Gasteiger charge is -2.08. The molecule has 30 heavy (non-hydrogen) atoms. The summed E-state index contributed by atoms with van der Waals surface area (Å²) in [4.78, 5) is 25.2. The fraction of sp³-hybridized carbons (Fsp3) is 0.136. The van der Waals surface area contributed by atoms with Gasteiger partial charge in [0.2, 0.25) is 5.91 Å². The van der Waals surface area contributed by atoms with Gasteiger partial charge in [0.1, 0.15) is 17.8 Å². The Kier molecular flexibility index (Phi) is 5.54. The van der Waals surface area contributed by atoms with Crippen LogP contribution in [0.3, 0.4) is 0 Å². The van der Waals surface area contributed by atoms with Gasteiger partial charge in [-0.15, -0.1) is 0 Å². The number of benzene rings is 2. The number of anilines is 1. The van der Waals surface area contributed by atoms with Crippen LogP contribution < -0.4 is 15.6 Å². The lowest BCUT2D eigenvalue weighted by molar-refractivity contribution is -0.116. The molecule has 8 heteroatoms. The highest BCUT2D eigenvalue weighted by Crippen LogP contribution is 2.22. The van der Waals surface area contributed by atoms with E-state index in [4.69, 9.17) is 16.3 Å². The summed E-state index contributed by atoms with van der Waals surface area (Å²) in [6.45, 7) is 2.39. The topological polar surface area (TPSA) is 77.6 Å². The number of nitrogens with zero attached hydrogens (tertiary/aromatic N) is 3. The fourth-order valence-electron chi connectivity index (χ4n) is 3.09. The van der Waals surface area contributed by atoms with Crippen LogP contribution in [-0.4, -0.2) is 26.7 Å². The van der Waals surface area contributed by atoms with Crippen LogP contribution >= 0.6 is 11.6 Å². The summed E-state index contributed by atoms with van der Waals surface area (Å²) in [5.41, 5.74) is 2.10. The maximum absolute atomic E-state index is 12.8. The quantitative estimate of drug-likeness (QED) is 0.512. The van der Waals surface area contributed by atoms with E-state index in [1.807, 2.05) is 31.2 Å². The predicted octanol–water partition coefficient (Wildman–Crippen LogP) is 3.85. The zero-order valence-electron chi connectivity index (χ0n) is 16.2. The van der Waals surface area contributed by atoms with Gasteiger partial charge in [-0.05, 0) is 49.4 Å². The summed E-state index contributed by atoms with van der Waals surface area (Å²) in [6, 6.07) is 16.1. The molecule has 2 aromatic carbocycles. The molecule has 0 aliphatic carbocycles. The van der Waals surface area contributed by atoms with Crippen LogP contribution in [0.15, 0.2) is 71.8 Å². The molecule has 0 fully saturated rings. The van der Waals surface area contributed by atoms with Gasteiger partial charge in [-0.1, -0.05) is 23.7 Å². The third-order valence-electron chi connectivity index (χ3n) is 4.53. The summed E-state index contributed by atoms with van der Waals surface area (Å²) in [6.07, 6.45) is 3.19. The van der Waals surface area contributed by atoms with Gasteiger partial charge in [-0.2, -0.15) is 5.10 Å². The Balaban J connectivity index is 1.57. The van der Waals surface area contributed by atoms with Crippen molar-refractivity contribution in [1.29, 1.82) is 0 Å². The molecule has 152 valence electrons. The summed E-state index contributed by atoms with van der Waals surface area (Å²) in [7, 11) is 0. The van der Waals surface area contributed by atoms with Crippen LogP contribution in [0.1, 0.15) is 6.92 Å². The molecule has 2 heterocycles. The van der Waals surface area contributed by atoms with Crippen molar-refractivity contribution in [1.82, 2.24) is 14.2 Å². The van der Waals surface area contributed by atoms with Gasteiger partial charge < -0.3 is 14.6 Å². The first kappa shape index (κ1) is 19.7. The zero-order valence-corrected chi connectivity index (χ0v) is 17.0. The second kappa shape index (κ2) is 8.42. The number of halogens is 1. The second-order valence-corrected chi connectivity index (χ2v) is 6.98. The average molecular weight is 423 g/mol. The second-order valence-electron chi connectivity index (χ2n) is 6.58. The van der Waals surface area contributed by atoms with E-state index in [-0.39, 0.29) is 18.0 Å². The van der Waals surface area contributed by atoms with Crippen molar-refractivity contribution in [2.45, 2.75) is 13.5 Å². The first-order valence-electron chi connectivity index (χ1n) is 9.41. The van der Waals surface area contributed by atoms with E-state index in [1.54, 1.807) is 36.5 Å². The highest BCUT2D eigenvalue weighted by atomic mass is 35.5. The fourth-order valence-corrected chi connectivity index (χ4v) is 3.27. The monoisotopic (exact) mass is 422 g/mol. The number of carbonyl (C=O) groups excluding carboxylic acids is 1. The molecule has 2 aromatic heterocycles. The molecule has 1 N–H and O–H groups in total. The Morgan fingerprint density at radius 1 is 1.13 bits per heavy atom. The summed E-state index contributed by atoms with van der Waals surface area (Å²) >= 11 is 6.07. The molecule has 0 aliphatic heterocycles. The molecule has 0 radical (unpaired) electrons. The average Bonchev–Trinajstić information content (AvgIpc) is 3.18. The van der Waals surface area contributed by atoms with E-state index >= 15 is 0 Å². The number of rotatable bonds is 6. The van der Waals surface area contributed by atoms with E-state index < -0.39 is 0 Å². The summed E-state index contributed by atoms with van der Waals surface area (Å²) in [5, 5.41) is 7.61. The highest BCUT2D eigenvalue weighted by molar-refractivity contribution is 6.33. The minimum Gasteiger partial charge on any atom is -0.494 e. The molecule has 1 amide bonds. The Hall–Kier alpha value is -3.58. The number of hydrogen-bond acceptors (Lipinski definition) is 4. The highest BCUT2D eigenvalue weighted by Gasteiger charge is 2.12. The Morgan fingerprint density at radius 3 is 2.63 bits per heavy atom. The van der Waals surface area contributed by atoms with E-state index in [9.17, 15) is 9.59 Å². The van der Waals surface area contributed by atoms with Crippen LogP contribution in [0.5, 0.6) is 5.75 Å². The van der Waals surface area contributed by atoms with Crippen LogP contribution in [-0.2, 0) is 11.3 Å². The Bertz CT molecular complexity index is 1260. The van der Waals surface area contributed by atoms with E-state index in [1.165, 1.54) is 15.3 Å². The van der Waals surface area contributed by atoms with Crippen molar-refractivity contribution in [3.05, 3.63) is 82.4 Å². The minimum absolute atomic E-state index is 0.135. The smallest absolute Gasteiger partial charge is 0.277 e. The summed E-state index contributed by atoms with van der Waals surface area (Å²) in [5.74, 6) is 0.428. The standard InChI is InChI=1S/C22H19ClN4O3/c1-2-30-16-9-7-15(8-10-16)19-13-20-22(29)26(11-12-27(20)25-19)14-21(28)24-18-6-4-3-5-17(18)23/h3-13H,2,14H2,1H3,(H,24,28). The Morgan fingerprint density at radius 2 is 1.90 bits per heavy atom. The minimum atomic E-state index is -0.346. The van der Waals surface area contributed by atoms with Crippen molar-refractivity contribution >= 4 is 28.7 Å². The SMILES string of the molecule is CCOc1ccc(-c2cc3c(=O)n(CC(=O)Nc4ccccc4Cl)ccn3n2)cc1. The van der Waals surface area contributed by atoms with Gasteiger partial charge in [0.05, 0.1) is 23.0 Å². The van der Waals surface area contributed by atoms with Crippen LogP contribution in [0, 0.1) is 0 Å². The number of nitrogens with one attached hydrogen (secondary N) is 1. The molecule has 4 aromatic rings. The van der Waals surface area contributed by atoms with Crippen molar-refractivity contribution in [2.75, 3.05) is 11.9 Å². The number of para-hydroxylation sites is 1. The third kappa shape index (κ3) is 4.06. The largest absolute Gasteiger partial charge is 0.494 e. The number of carbonyl (C=O) groups is 1. The van der Waals surface area contributed by atoms with Gasteiger partial charge in [-0.3, -0.25) is 9.59 Å². The van der Waals surface area contributed by atoms with Crippen molar-refractivity contribution < 1.29 is 9.53 Å². The first-order chi connectivity index (χ1) is 14.5. The molecular weight excluding hydrogens is 404 g/mol. The van der Waals surface area contributed by atoms with Gasteiger partial charge in [0.25, 0.3) is 5.56 Å². The molecule has 0 saturated carbocycles. The van der Waals surface area contributed by atoms with Gasteiger partial charge in [-0.25, -0.2) is 4.52 Å². The maximum atomic E-state index is 12.8. The number of ether oxygens (including phenoxy) is 1. The number of hydrogen-bond donors (Lipinski definition) is 1. The van der Waals surface area contributed by atoms with Crippen molar-refractivity contribution in [3.63, 3.8) is 0 Å². The van der Waals surface area contributed by atoms with Crippen LogP contribution in [0.25, 0.3) is 16.8 Å². The van der Waals surface area contributed by atoms with Crippen LogP contribution in [0.4, 0.5) is 5.69 Å². The van der Waals surface area contributed by atoms with Crippen LogP contribution in [0.2, 0.25) is 5.02 Å². The molecule has 0 atom stereocenters. The van der Waals surface area contributed by atoms with Crippen molar-refractivity contribution in [2.24, 2.45) is 0 Å². The molecular formula is C22H19ClN4O3. The summed E-state index contributed by atoms with van der Waals surface area (Å²) < 4.78 is 8.30. The van der Waals surface area contributed by atoms with E-state index in [0.717, 1.165) is 11.3 Å². The lowest BCUT2D eigenvalue weighted by Crippen LogP contribution is -2.28. The lowest BCUT2D eigenvalue weighted by atomic mass is 10.1. The number of aromatic nitrogens is 3. The maximum Gasteiger partial charge on any atom is 0.277 e. The van der Waals surface area contributed by atoms with E-state index in [0.29, 0.717) is 28.5 Å². The van der Waals surface area contributed by atoms with E-state index in [2.05, 4.69) is 10.4 Å². The first-order valence-corrected chi connectivity index (χ1v) is 9.79. The number of amides is 1. The molecule has 0 bridgehead atoms. The molecule has 0 saturated heterocycles. The van der Waals surface area contributed by atoms with Crippen molar-refractivity contribution in [3.8, 4) is 17.0 Å². The Labute approximate surface area is 177 Å². The molecule has 7 nitrogen and oxygen atoms in total. The zero-order chi connectivity index (χ0) is 21.1.